The molecule has 0 aromatic heterocycles. The molecule has 2 rings (SSSR count). The summed E-state index contributed by atoms with van der Waals surface area (Å²) in [6.45, 7) is 0.907. The molecule has 1 saturated carbocycles. The van der Waals surface area contributed by atoms with Crippen LogP contribution in [0.4, 0.5) is 0 Å². The molecule has 1 fully saturated rings. The maximum Gasteiger partial charge on any atom is 0.224 e. The first-order chi connectivity index (χ1) is 9.72. The smallest absolute Gasteiger partial charge is 0.224 e. The van der Waals surface area contributed by atoms with Gasteiger partial charge < -0.3 is 15.2 Å². The van der Waals surface area contributed by atoms with E-state index in [1.807, 2.05) is 24.3 Å². The van der Waals surface area contributed by atoms with E-state index in [9.17, 15) is 9.90 Å². The first-order valence-electron chi connectivity index (χ1n) is 7.23. The molecule has 2 unspecified atom stereocenters. The average Bonchev–Trinajstić information content (AvgIpc) is 2.93. The number of nitrogens with one attached hydrogen (secondary N) is 1. The summed E-state index contributed by atoms with van der Waals surface area (Å²) >= 11 is 0. The molecule has 0 saturated heterocycles. The van der Waals surface area contributed by atoms with E-state index < -0.39 is 0 Å². The van der Waals surface area contributed by atoms with Crippen LogP contribution in [0.1, 0.15) is 24.8 Å². The van der Waals surface area contributed by atoms with E-state index in [0.29, 0.717) is 24.8 Å². The Hall–Kier alpha value is -1.55. The van der Waals surface area contributed by atoms with Crippen LogP contribution >= 0.6 is 0 Å². The fraction of sp³-hybridized carbons (Fsp3) is 0.562. The monoisotopic (exact) mass is 277 g/mol. The Labute approximate surface area is 120 Å². The van der Waals surface area contributed by atoms with Crippen LogP contribution in [-0.2, 0) is 11.2 Å². The Morgan fingerprint density at radius 1 is 1.40 bits per heavy atom. The van der Waals surface area contributed by atoms with E-state index in [-0.39, 0.29) is 12.5 Å². The molecule has 4 nitrogen and oxygen atoms in total. The lowest BCUT2D eigenvalue weighted by atomic mass is 9.97. The molecule has 20 heavy (non-hydrogen) atoms. The van der Waals surface area contributed by atoms with Crippen molar-refractivity contribution in [1.82, 2.24) is 5.32 Å². The molecule has 1 amide bonds. The van der Waals surface area contributed by atoms with Crippen molar-refractivity contribution in [2.75, 3.05) is 20.3 Å². The van der Waals surface area contributed by atoms with Crippen molar-refractivity contribution in [2.45, 2.75) is 25.7 Å². The predicted molar refractivity (Wildman–Crippen MR) is 77.6 cm³/mol. The summed E-state index contributed by atoms with van der Waals surface area (Å²) in [5, 5.41) is 12.3. The highest BCUT2D eigenvalue weighted by atomic mass is 16.5. The molecule has 1 aliphatic carbocycles. The molecular formula is C16H23NO3. The Bertz CT molecular complexity index is 447. The zero-order chi connectivity index (χ0) is 14.4. The quantitative estimate of drug-likeness (QED) is 0.833. The molecule has 2 N–H and O–H groups in total. The summed E-state index contributed by atoms with van der Waals surface area (Å²) in [5.74, 6) is 1.58. The van der Waals surface area contributed by atoms with Crippen molar-refractivity contribution >= 4 is 5.91 Å². The average molecular weight is 277 g/mol. The molecule has 2 atom stereocenters. The summed E-state index contributed by atoms with van der Waals surface area (Å²) in [5.41, 5.74) is 0.951. The number of hydrogen-bond donors (Lipinski definition) is 2. The Kier molecular flexibility index (Phi) is 5.41. The van der Waals surface area contributed by atoms with E-state index in [4.69, 9.17) is 4.74 Å². The molecule has 110 valence electrons. The Morgan fingerprint density at radius 3 is 2.95 bits per heavy atom. The molecule has 0 spiro atoms. The van der Waals surface area contributed by atoms with Crippen molar-refractivity contribution < 1.29 is 14.6 Å². The van der Waals surface area contributed by atoms with E-state index in [2.05, 4.69) is 5.32 Å². The lowest BCUT2D eigenvalue weighted by Gasteiger charge is -2.17. The minimum absolute atomic E-state index is 0.0295. The molecule has 0 radical (unpaired) electrons. The lowest BCUT2D eigenvalue weighted by Crippen LogP contribution is -2.32. The standard InChI is InChI=1S/C16H23NO3/c1-20-15-7-2-4-12(8-15)9-16(19)17-10-13-5-3-6-14(13)11-18/h2,4,7-8,13-14,18H,3,5-6,9-11H2,1H3,(H,17,19). The largest absolute Gasteiger partial charge is 0.497 e. The Balaban J connectivity index is 1.80. The minimum atomic E-state index is 0.0295. The van der Waals surface area contributed by atoms with Crippen molar-refractivity contribution in [2.24, 2.45) is 11.8 Å². The maximum absolute atomic E-state index is 11.9. The van der Waals surface area contributed by atoms with Gasteiger partial charge in [-0.3, -0.25) is 4.79 Å². The number of aliphatic hydroxyl groups is 1. The number of ether oxygens (including phenoxy) is 1. The molecule has 0 bridgehead atoms. The van der Waals surface area contributed by atoms with Gasteiger partial charge >= 0.3 is 0 Å². The van der Waals surface area contributed by atoms with Gasteiger partial charge in [-0.2, -0.15) is 0 Å². The van der Waals surface area contributed by atoms with Gasteiger partial charge in [0.25, 0.3) is 0 Å². The second-order valence-electron chi connectivity index (χ2n) is 5.47. The first kappa shape index (κ1) is 14.9. The summed E-state index contributed by atoms with van der Waals surface area (Å²) < 4.78 is 5.15. The third kappa shape index (κ3) is 3.97. The number of rotatable bonds is 6. The third-order valence-corrected chi connectivity index (χ3v) is 4.11. The topological polar surface area (TPSA) is 58.6 Å². The first-order valence-corrected chi connectivity index (χ1v) is 7.23. The van der Waals surface area contributed by atoms with Crippen LogP contribution in [0.3, 0.4) is 0 Å². The summed E-state index contributed by atoms with van der Waals surface area (Å²) in [4.78, 5) is 11.9. The Morgan fingerprint density at radius 2 is 2.20 bits per heavy atom. The molecule has 0 aliphatic heterocycles. The van der Waals surface area contributed by atoms with Gasteiger partial charge in [-0.25, -0.2) is 0 Å². The van der Waals surface area contributed by atoms with Crippen LogP contribution in [0.2, 0.25) is 0 Å². The summed E-state index contributed by atoms with van der Waals surface area (Å²) in [6, 6.07) is 7.56. The highest BCUT2D eigenvalue weighted by Gasteiger charge is 2.26. The number of aliphatic hydroxyl groups excluding tert-OH is 1. The second kappa shape index (κ2) is 7.29. The van der Waals surface area contributed by atoms with Crippen LogP contribution in [-0.4, -0.2) is 31.3 Å². The fourth-order valence-electron chi connectivity index (χ4n) is 2.90. The van der Waals surface area contributed by atoms with Crippen LogP contribution in [0.5, 0.6) is 5.75 Å². The number of hydrogen-bond acceptors (Lipinski definition) is 3. The highest BCUT2D eigenvalue weighted by Crippen LogP contribution is 2.30. The molecule has 1 aromatic rings. The molecule has 1 aliphatic rings. The number of amides is 1. The molecule has 4 heteroatoms. The van der Waals surface area contributed by atoms with Crippen LogP contribution < -0.4 is 10.1 Å². The molecular weight excluding hydrogens is 254 g/mol. The lowest BCUT2D eigenvalue weighted by molar-refractivity contribution is -0.120. The summed E-state index contributed by atoms with van der Waals surface area (Å²) in [7, 11) is 1.62. The van der Waals surface area contributed by atoms with Crippen molar-refractivity contribution in [3.8, 4) is 5.75 Å². The number of carbonyl (C=O) groups excluding carboxylic acids is 1. The van der Waals surface area contributed by atoms with Crippen LogP contribution in [0, 0.1) is 11.8 Å². The van der Waals surface area contributed by atoms with Gasteiger partial charge in [0.15, 0.2) is 0 Å². The maximum atomic E-state index is 11.9. The van der Waals surface area contributed by atoms with Gasteiger partial charge in [0, 0.05) is 13.2 Å². The summed E-state index contributed by atoms with van der Waals surface area (Å²) in [6.07, 6.45) is 3.70. The van der Waals surface area contributed by atoms with Crippen molar-refractivity contribution in [3.05, 3.63) is 29.8 Å². The molecule has 1 aromatic carbocycles. The normalized spacial score (nSPS) is 21.7. The SMILES string of the molecule is COc1cccc(CC(=O)NCC2CCCC2CO)c1. The zero-order valence-electron chi connectivity index (χ0n) is 12.0. The van der Waals surface area contributed by atoms with Gasteiger partial charge in [-0.1, -0.05) is 18.6 Å². The highest BCUT2D eigenvalue weighted by molar-refractivity contribution is 5.78. The second-order valence-corrected chi connectivity index (χ2v) is 5.47. The van der Waals surface area contributed by atoms with Gasteiger partial charge in [-0.15, -0.1) is 0 Å². The van der Waals surface area contributed by atoms with E-state index in [1.165, 1.54) is 0 Å². The van der Waals surface area contributed by atoms with Gasteiger partial charge in [0.2, 0.25) is 5.91 Å². The number of methoxy groups -OCH3 is 1. The zero-order valence-corrected chi connectivity index (χ0v) is 12.0. The van der Waals surface area contributed by atoms with Gasteiger partial charge in [0.05, 0.1) is 13.5 Å². The molecule has 0 heterocycles. The van der Waals surface area contributed by atoms with Crippen LogP contribution in [0.25, 0.3) is 0 Å². The van der Waals surface area contributed by atoms with E-state index >= 15 is 0 Å². The number of carbonyl (C=O) groups is 1. The minimum Gasteiger partial charge on any atom is -0.497 e. The fourth-order valence-corrected chi connectivity index (χ4v) is 2.90. The number of benzene rings is 1. The van der Waals surface area contributed by atoms with Crippen LogP contribution in [0.15, 0.2) is 24.3 Å². The predicted octanol–water partition coefficient (Wildman–Crippen LogP) is 1.76. The van der Waals surface area contributed by atoms with E-state index in [0.717, 1.165) is 30.6 Å². The van der Waals surface area contributed by atoms with Gasteiger partial charge in [-0.05, 0) is 42.4 Å². The van der Waals surface area contributed by atoms with Crippen molar-refractivity contribution in [3.63, 3.8) is 0 Å². The third-order valence-electron chi connectivity index (χ3n) is 4.11. The van der Waals surface area contributed by atoms with Crippen molar-refractivity contribution in [1.29, 1.82) is 0 Å². The van der Waals surface area contributed by atoms with Gasteiger partial charge in [0.1, 0.15) is 5.75 Å². The van der Waals surface area contributed by atoms with E-state index in [1.54, 1.807) is 7.11 Å².